The van der Waals surface area contributed by atoms with Crippen LogP contribution in [0.25, 0.3) is 6.08 Å². The minimum absolute atomic E-state index is 0.0859. The van der Waals surface area contributed by atoms with Gasteiger partial charge in [-0.15, -0.1) is 0 Å². The summed E-state index contributed by atoms with van der Waals surface area (Å²) in [6.45, 7) is 3.55. The van der Waals surface area contributed by atoms with E-state index in [0.717, 1.165) is 32.5 Å². The molecule has 0 atom stereocenters. The third-order valence-electron chi connectivity index (χ3n) is 4.58. The Morgan fingerprint density at radius 1 is 1.07 bits per heavy atom. The summed E-state index contributed by atoms with van der Waals surface area (Å²) < 4.78 is 0. The largest absolute Gasteiger partial charge is 0.508 e. The molecule has 2 N–H and O–H groups in total. The van der Waals surface area contributed by atoms with E-state index in [1.165, 1.54) is 18.2 Å². The van der Waals surface area contributed by atoms with E-state index in [1.54, 1.807) is 17.0 Å². The zero-order valence-electron chi connectivity index (χ0n) is 15.3. The number of carboxylic acids is 1. The summed E-state index contributed by atoms with van der Waals surface area (Å²) in [4.78, 5) is 27.0. The summed E-state index contributed by atoms with van der Waals surface area (Å²) in [5.74, 6) is -0.890. The van der Waals surface area contributed by atoms with Gasteiger partial charge in [0.05, 0.1) is 0 Å². The number of phenolic OH excluding ortho intramolecular Hbond substituents is 1. The monoisotopic (exact) mass is 371 g/mol. The van der Waals surface area contributed by atoms with Gasteiger partial charge in [0.2, 0.25) is 0 Å². The number of carboxylic acid groups (broad SMARTS) is 1. The molecule has 0 aliphatic carbocycles. The molecule has 1 aliphatic rings. The van der Waals surface area contributed by atoms with Crippen molar-refractivity contribution in [2.45, 2.75) is 25.7 Å². The molecule has 7 heteroatoms. The van der Waals surface area contributed by atoms with Crippen molar-refractivity contribution in [3.63, 3.8) is 0 Å². The number of carbonyl (C=O) groups is 2. The number of hydrogen-bond donors (Lipinski definition) is 2. The van der Waals surface area contributed by atoms with E-state index in [0.29, 0.717) is 25.1 Å². The van der Waals surface area contributed by atoms with Crippen LogP contribution in [-0.2, 0) is 9.59 Å². The van der Waals surface area contributed by atoms with Crippen LogP contribution in [0.2, 0.25) is 0 Å². The molecule has 1 saturated heterocycles. The minimum Gasteiger partial charge on any atom is -0.508 e. The van der Waals surface area contributed by atoms with Crippen LogP contribution in [0.15, 0.2) is 29.8 Å². The fourth-order valence-electron chi connectivity index (χ4n) is 3.01. The number of phenols is 1. The average Bonchev–Trinajstić information content (AvgIpc) is 2.67. The molecule has 2 rings (SSSR count). The van der Waals surface area contributed by atoms with Crippen LogP contribution in [0.4, 0.5) is 0 Å². The van der Waals surface area contributed by atoms with E-state index >= 15 is 0 Å². The van der Waals surface area contributed by atoms with E-state index in [4.69, 9.17) is 5.11 Å². The summed E-state index contributed by atoms with van der Waals surface area (Å²) in [5, 5.41) is 27.3. The number of benzene rings is 1. The normalized spacial score (nSPS) is 15.4. The molecule has 0 saturated carbocycles. The Labute approximate surface area is 159 Å². The zero-order chi connectivity index (χ0) is 19.6. The molecule has 27 heavy (non-hydrogen) atoms. The first-order valence-corrected chi connectivity index (χ1v) is 9.14. The minimum atomic E-state index is -0.754. The van der Waals surface area contributed by atoms with E-state index in [9.17, 15) is 20.0 Å². The number of hydrogen-bond acceptors (Lipinski definition) is 5. The Bertz CT molecular complexity index is 714. The number of carbonyl (C=O) groups excluding carboxylic acids is 1. The van der Waals surface area contributed by atoms with Gasteiger partial charge < -0.3 is 15.1 Å². The van der Waals surface area contributed by atoms with Crippen molar-refractivity contribution >= 4 is 18.0 Å². The molecule has 1 aliphatic heterocycles. The predicted octanol–water partition coefficient (Wildman–Crippen LogP) is 2.09. The highest BCUT2D eigenvalue weighted by Gasteiger charge is 2.23. The van der Waals surface area contributed by atoms with Crippen LogP contribution in [0, 0.1) is 11.3 Å². The van der Waals surface area contributed by atoms with Gasteiger partial charge in [-0.3, -0.25) is 14.5 Å². The molecule has 7 nitrogen and oxygen atoms in total. The number of nitrogens with zero attached hydrogens (tertiary/aromatic N) is 3. The SMILES string of the molecule is N#CC(=Cc1ccc(O)cc1)C(=O)N1CCN(CCCCCC(=O)O)CC1. The van der Waals surface area contributed by atoms with Crippen molar-refractivity contribution in [1.29, 1.82) is 5.26 Å². The first kappa shape index (κ1) is 20.5. The van der Waals surface area contributed by atoms with Crippen molar-refractivity contribution in [3.05, 3.63) is 35.4 Å². The van der Waals surface area contributed by atoms with Gasteiger partial charge in [-0.1, -0.05) is 18.6 Å². The third kappa shape index (κ3) is 6.76. The first-order chi connectivity index (χ1) is 13.0. The first-order valence-electron chi connectivity index (χ1n) is 9.14. The molecule has 1 aromatic rings. The van der Waals surface area contributed by atoms with Crippen molar-refractivity contribution < 1.29 is 19.8 Å². The Kier molecular flexibility index (Phi) is 7.83. The lowest BCUT2D eigenvalue weighted by atomic mass is 10.1. The zero-order valence-corrected chi connectivity index (χ0v) is 15.3. The number of piperazine rings is 1. The van der Waals surface area contributed by atoms with E-state index < -0.39 is 5.97 Å². The maximum absolute atomic E-state index is 12.6. The highest BCUT2D eigenvalue weighted by Crippen LogP contribution is 2.15. The molecular weight excluding hydrogens is 346 g/mol. The maximum Gasteiger partial charge on any atom is 0.303 e. The standard InChI is InChI=1S/C20H25N3O4/c21-15-17(14-16-5-7-18(24)8-6-16)20(27)23-12-10-22(11-13-23)9-3-1-2-4-19(25)26/h5-8,14,24H,1-4,9-13H2,(H,25,26). The van der Waals surface area contributed by atoms with Crippen LogP contribution in [-0.4, -0.2) is 64.6 Å². The number of nitriles is 1. The van der Waals surface area contributed by atoms with Gasteiger partial charge in [-0.2, -0.15) is 5.26 Å². The summed E-state index contributed by atoms with van der Waals surface area (Å²) in [6.07, 6.45) is 4.29. The fourth-order valence-corrected chi connectivity index (χ4v) is 3.01. The van der Waals surface area contributed by atoms with Gasteiger partial charge in [0.15, 0.2) is 0 Å². The predicted molar refractivity (Wildman–Crippen MR) is 101 cm³/mol. The third-order valence-corrected chi connectivity index (χ3v) is 4.58. The highest BCUT2D eigenvalue weighted by molar-refractivity contribution is 6.01. The quantitative estimate of drug-likeness (QED) is 0.412. The second-order valence-electron chi connectivity index (χ2n) is 6.60. The van der Waals surface area contributed by atoms with Crippen LogP contribution in [0.3, 0.4) is 0 Å². The number of rotatable bonds is 8. The van der Waals surface area contributed by atoms with Gasteiger partial charge in [0.25, 0.3) is 5.91 Å². The molecule has 0 radical (unpaired) electrons. The van der Waals surface area contributed by atoms with E-state index in [-0.39, 0.29) is 23.7 Å². The smallest absolute Gasteiger partial charge is 0.303 e. The van der Waals surface area contributed by atoms with Gasteiger partial charge in [0.1, 0.15) is 17.4 Å². The lowest BCUT2D eigenvalue weighted by molar-refractivity contribution is -0.137. The second kappa shape index (κ2) is 10.3. The Morgan fingerprint density at radius 3 is 2.33 bits per heavy atom. The molecule has 0 bridgehead atoms. The van der Waals surface area contributed by atoms with E-state index in [2.05, 4.69) is 4.90 Å². The van der Waals surface area contributed by atoms with Crippen molar-refractivity contribution in [1.82, 2.24) is 9.80 Å². The van der Waals surface area contributed by atoms with Crippen LogP contribution in [0.5, 0.6) is 5.75 Å². The van der Waals surface area contributed by atoms with Gasteiger partial charge in [0, 0.05) is 32.6 Å². The topological polar surface area (TPSA) is 105 Å². The molecular formula is C20H25N3O4. The number of aromatic hydroxyl groups is 1. The molecule has 1 heterocycles. The van der Waals surface area contributed by atoms with Crippen LogP contribution >= 0.6 is 0 Å². The van der Waals surface area contributed by atoms with Crippen molar-refractivity contribution in [2.75, 3.05) is 32.7 Å². The Morgan fingerprint density at radius 2 is 1.74 bits per heavy atom. The van der Waals surface area contributed by atoms with Gasteiger partial charge in [-0.05, 0) is 43.2 Å². The Hall–Kier alpha value is -2.85. The lowest BCUT2D eigenvalue weighted by Crippen LogP contribution is -2.49. The number of aliphatic carboxylic acids is 1. The second-order valence-corrected chi connectivity index (χ2v) is 6.60. The van der Waals surface area contributed by atoms with Crippen LogP contribution < -0.4 is 0 Å². The van der Waals surface area contributed by atoms with Crippen LogP contribution in [0.1, 0.15) is 31.2 Å². The lowest BCUT2D eigenvalue weighted by Gasteiger charge is -2.34. The molecule has 0 unspecified atom stereocenters. The van der Waals surface area contributed by atoms with Crippen molar-refractivity contribution in [3.8, 4) is 11.8 Å². The summed E-state index contributed by atoms with van der Waals surface area (Å²) in [5.41, 5.74) is 0.778. The van der Waals surface area contributed by atoms with Gasteiger partial charge in [-0.25, -0.2) is 0 Å². The fraction of sp³-hybridized carbons (Fsp3) is 0.450. The molecule has 0 spiro atoms. The van der Waals surface area contributed by atoms with E-state index in [1.807, 2.05) is 6.07 Å². The molecule has 0 aromatic heterocycles. The number of amides is 1. The van der Waals surface area contributed by atoms with Crippen molar-refractivity contribution in [2.24, 2.45) is 0 Å². The van der Waals surface area contributed by atoms with Gasteiger partial charge >= 0.3 is 5.97 Å². The molecule has 144 valence electrons. The Balaban J connectivity index is 1.80. The molecule has 1 fully saturated rings. The summed E-state index contributed by atoms with van der Waals surface area (Å²) in [6, 6.07) is 8.32. The highest BCUT2D eigenvalue weighted by atomic mass is 16.4. The molecule has 1 aromatic carbocycles. The summed E-state index contributed by atoms with van der Waals surface area (Å²) >= 11 is 0. The average molecular weight is 371 g/mol. The summed E-state index contributed by atoms with van der Waals surface area (Å²) in [7, 11) is 0. The number of unbranched alkanes of at least 4 members (excludes halogenated alkanes) is 2. The molecule has 1 amide bonds. The maximum atomic E-state index is 12.6.